The van der Waals surface area contributed by atoms with Crippen molar-refractivity contribution in [3.05, 3.63) is 33.9 Å². The van der Waals surface area contributed by atoms with Crippen molar-refractivity contribution in [2.45, 2.75) is 30.8 Å². The van der Waals surface area contributed by atoms with Crippen LogP contribution >= 0.6 is 11.8 Å². The second-order valence-electron chi connectivity index (χ2n) is 5.25. The molecule has 0 amide bonds. The summed E-state index contributed by atoms with van der Waals surface area (Å²) in [5.74, 6) is 0.568. The number of thioether (sulfide) groups is 1. The van der Waals surface area contributed by atoms with Gasteiger partial charge in [0.15, 0.2) is 0 Å². The van der Waals surface area contributed by atoms with E-state index in [4.69, 9.17) is 4.74 Å². The van der Waals surface area contributed by atoms with Crippen molar-refractivity contribution in [2.24, 2.45) is 5.41 Å². The third-order valence-corrected chi connectivity index (χ3v) is 5.01. The first-order valence-corrected chi connectivity index (χ1v) is 7.56. The summed E-state index contributed by atoms with van der Waals surface area (Å²) < 4.78 is 4.70. The Labute approximate surface area is 126 Å². The van der Waals surface area contributed by atoms with Crippen LogP contribution in [0.3, 0.4) is 0 Å². The van der Waals surface area contributed by atoms with Gasteiger partial charge in [0.2, 0.25) is 0 Å². The number of carbonyl (C=O) groups excluding carboxylic acids is 1. The first-order chi connectivity index (χ1) is 9.99. The second-order valence-corrected chi connectivity index (χ2v) is 6.30. The van der Waals surface area contributed by atoms with Crippen molar-refractivity contribution in [3.63, 3.8) is 0 Å². The maximum atomic E-state index is 11.4. The fourth-order valence-corrected chi connectivity index (χ4v) is 3.37. The maximum Gasteiger partial charge on any atom is 0.306 e. The molecule has 0 atom stereocenters. The van der Waals surface area contributed by atoms with Gasteiger partial charge in [-0.25, -0.2) is 0 Å². The highest BCUT2D eigenvalue weighted by molar-refractivity contribution is 7.99. The number of nitro benzene ring substituents is 1. The van der Waals surface area contributed by atoms with Gasteiger partial charge >= 0.3 is 5.97 Å². The number of aliphatic hydroxyl groups excluding tert-OH is 1. The molecule has 7 heteroatoms. The molecule has 1 aliphatic rings. The molecule has 1 fully saturated rings. The molecule has 0 spiro atoms. The minimum atomic E-state index is -0.500. The number of hydrogen-bond acceptors (Lipinski definition) is 6. The highest BCUT2D eigenvalue weighted by Gasteiger charge is 2.44. The molecule has 0 radical (unpaired) electrons. The van der Waals surface area contributed by atoms with Crippen molar-refractivity contribution in [1.29, 1.82) is 0 Å². The molecule has 114 valence electrons. The maximum absolute atomic E-state index is 11.4. The number of carbonyl (C=O) groups is 1. The van der Waals surface area contributed by atoms with Gasteiger partial charge in [-0.15, -0.1) is 11.8 Å². The van der Waals surface area contributed by atoms with E-state index < -0.39 is 4.92 Å². The number of benzene rings is 1. The third kappa shape index (κ3) is 3.95. The van der Waals surface area contributed by atoms with Gasteiger partial charge in [0.05, 0.1) is 30.6 Å². The Kier molecular flexibility index (Phi) is 4.84. The number of rotatable bonds is 7. The summed E-state index contributed by atoms with van der Waals surface area (Å²) in [6, 6.07) is 4.72. The SMILES string of the molecule is COC(=O)CC1(CSc2ccc([N+](=O)[O-])c(CO)c2)CC1. The molecular formula is C14H17NO5S. The predicted octanol–water partition coefficient (Wildman–Crippen LogP) is 2.52. The molecule has 1 aromatic carbocycles. The minimum absolute atomic E-state index is 0.00108. The summed E-state index contributed by atoms with van der Waals surface area (Å²) in [4.78, 5) is 22.5. The van der Waals surface area contributed by atoms with Gasteiger partial charge in [-0.2, -0.15) is 0 Å². The van der Waals surface area contributed by atoms with Crippen LogP contribution in [-0.2, 0) is 16.1 Å². The van der Waals surface area contributed by atoms with Crippen LogP contribution in [0.4, 0.5) is 5.69 Å². The topological polar surface area (TPSA) is 89.7 Å². The molecule has 0 saturated heterocycles. The number of esters is 1. The smallest absolute Gasteiger partial charge is 0.306 e. The van der Waals surface area contributed by atoms with Crippen molar-refractivity contribution in [2.75, 3.05) is 12.9 Å². The van der Waals surface area contributed by atoms with E-state index in [1.807, 2.05) is 0 Å². The van der Waals surface area contributed by atoms with Crippen LogP contribution in [0.15, 0.2) is 23.1 Å². The van der Waals surface area contributed by atoms with E-state index in [-0.39, 0.29) is 23.7 Å². The average Bonchev–Trinajstić information content (AvgIpc) is 3.24. The standard InChI is InChI=1S/C14H17NO5S/c1-20-13(17)7-14(4-5-14)9-21-11-2-3-12(15(18)19)10(6-11)8-16/h2-3,6,16H,4-5,7-9H2,1H3. The molecule has 21 heavy (non-hydrogen) atoms. The van der Waals surface area contributed by atoms with E-state index in [9.17, 15) is 20.0 Å². The van der Waals surface area contributed by atoms with Gasteiger partial charge in [0.1, 0.15) is 0 Å². The molecule has 0 aliphatic heterocycles. The summed E-state index contributed by atoms with van der Waals surface area (Å²) in [6.07, 6.45) is 2.40. The largest absolute Gasteiger partial charge is 0.469 e. The van der Waals surface area contributed by atoms with Crippen LogP contribution in [0.25, 0.3) is 0 Å². The molecule has 1 N–H and O–H groups in total. The van der Waals surface area contributed by atoms with E-state index in [0.29, 0.717) is 12.0 Å². The van der Waals surface area contributed by atoms with Gasteiger partial charge < -0.3 is 9.84 Å². The van der Waals surface area contributed by atoms with Crippen LogP contribution < -0.4 is 0 Å². The first-order valence-electron chi connectivity index (χ1n) is 6.57. The van der Waals surface area contributed by atoms with Crippen LogP contribution in [0, 0.1) is 15.5 Å². The lowest BCUT2D eigenvalue weighted by atomic mass is 10.1. The summed E-state index contributed by atoms with van der Waals surface area (Å²) in [5, 5.41) is 20.0. The molecule has 1 aromatic rings. The number of ether oxygens (including phenoxy) is 1. The van der Waals surface area contributed by atoms with E-state index in [2.05, 4.69) is 0 Å². The van der Waals surface area contributed by atoms with Gasteiger partial charge in [-0.1, -0.05) is 0 Å². The number of aliphatic hydroxyl groups is 1. The number of nitrogens with zero attached hydrogens (tertiary/aromatic N) is 1. The lowest BCUT2D eigenvalue weighted by molar-refractivity contribution is -0.385. The van der Waals surface area contributed by atoms with E-state index in [1.165, 1.54) is 13.2 Å². The monoisotopic (exact) mass is 311 g/mol. The van der Waals surface area contributed by atoms with E-state index in [0.717, 1.165) is 23.5 Å². The lowest BCUT2D eigenvalue weighted by Gasteiger charge is -2.13. The molecular weight excluding hydrogens is 294 g/mol. The van der Waals surface area contributed by atoms with Crippen molar-refractivity contribution >= 4 is 23.4 Å². The quantitative estimate of drug-likeness (QED) is 0.360. The minimum Gasteiger partial charge on any atom is -0.469 e. The zero-order chi connectivity index (χ0) is 15.5. The van der Waals surface area contributed by atoms with Crippen molar-refractivity contribution in [3.8, 4) is 0 Å². The molecule has 6 nitrogen and oxygen atoms in total. The van der Waals surface area contributed by atoms with Crippen molar-refractivity contribution < 1.29 is 19.6 Å². The number of hydrogen-bond donors (Lipinski definition) is 1. The predicted molar refractivity (Wildman–Crippen MR) is 78.0 cm³/mol. The summed E-state index contributed by atoms with van der Waals surface area (Å²) >= 11 is 1.55. The Morgan fingerprint density at radius 3 is 2.76 bits per heavy atom. The highest BCUT2D eigenvalue weighted by Crippen LogP contribution is 2.52. The fourth-order valence-electron chi connectivity index (χ4n) is 2.12. The van der Waals surface area contributed by atoms with Crippen LogP contribution in [0.2, 0.25) is 0 Å². The average molecular weight is 311 g/mol. The Morgan fingerprint density at radius 2 is 2.24 bits per heavy atom. The summed E-state index contributed by atoms with van der Waals surface area (Å²) in [7, 11) is 1.38. The van der Waals surface area contributed by atoms with Crippen LogP contribution in [0.5, 0.6) is 0 Å². The van der Waals surface area contributed by atoms with E-state index in [1.54, 1.807) is 23.9 Å². The highest BCUT2D eigenvalue weighted by atomic mass is 32.2. The van der Waals surface area contributed by atoms with Gasteiger partial charge in [-0.05, 0) is 30.4 Å². The second kappa shape index (κ2) is 6.44. The molecule has 0 bridgehead atoms. The molecule has 2 rings (SSSR count). The van der Waals surface area contributed by atoms with E-state index >= 15 is 0 Å². The lowest BCUT2D eigenvalue weighted by Crippen LogP contribution is -2.13. The molecule has 1 aliphatic carbocycles. The Balaban J connectivity index is 2.01. The summed E-state index contributed by atoms with van der Waals surface area (Å²) in [6.45, 7) is -0.363. The fraction of sp³-hybridized carbons (Fsp3) is 0.500. The number of methoxy groups -OCH3 is 1. The number of nitro groups is 1. The molecule has 1 saturated carbocycles. The Bertz CT molecular complexity index is 556. The molecule has 0 heterocycles. The Hall–Kier alpha value is -1.60. The molecule has 0 aromatic heterocycles. The first kappa shape index (κ1) is 15.8. The Morgan fingerprint density at radius 1 is 1.52 bits per heavy atom. The normalized spacial score (nSPS) is 15.5. The van der Waals surface area contributed by atoms with Crippen molar-refractivity contribution in [1.82, 2.24) is 0 Å². The molecule has 0 unspecified atom stereocenters. The zero-order valence-corrected chi connectivity index (χ0v) is 12.5. The third-order valence-electron chi connectivity index (χ3n) is 3.67. The van der Waals surface area contributed by atoms with Crippen LogP contribution in [0.1, 0.15) is 24.8 Å². The van der Waals surface area contributed by atoms with Crippen LogP contribution in [-0.4, -0.2) is 28.9 Å². The van der Waals surface area contributed by atoms with Gasteiger partial charge in [0.25, 0.3) is 5.69 Å². The van der Waals surface area contributed by atoms with Gasteiger partial charge in [0, 0.05) is 16.7 Å². The van der Waals surface area contributed by atoms with Gasteiger partial charge in [-0.3, -0.25) is 14.9 Å². The summed E-state index contributed by atoms with van der Waals surface area (Å²) in [5.41, 5.74) is 0.235. The zero-order valence-electron chi connectivity index (χ0n) is 11.7.